The first kappa shape index (κ1) is 18.5. The molecule has 28 heavy (non-hydrogen) atoms. The molecule has 0 saturated carbocycles. The minimum absolute atomic E-state index is 0.294. The number of aromatic amines is 1. The topological polar surface area (TPSA) is 49.9 Å². The molecule has 0 aliphatic carbocycles. The Balaban J connectivity index is 1.28. The van der Waals surface area contributed by atoms with Crippen molar-refractivity contribution in [3.63, 3.8) is 0 Å². The number of hydrogen-bond acceptors (Lipinski definition) is 3. The van der Waals surface area contributed by atoms with Crippen LogP contribution in [-0.2, 0) is 19.7 Å². The third-order valence-corrected chi connectivity index (χ3v) is 4.74. The van der Waals surface area contributed by atoms with Crippen LogP contribution < -0.4 is 10.1 Å². The van der Waals surface area contributed by atoms with E-state index in [-0.39, 0.29) is 5.82 Å². The average Bonchev–Trinajstić information content (AvgIpc) is 3.11. The zero-order valence-electron chi connectivity index (χ0n) is 15.1. The first-order valence-corrected chi connectivity index (χ1v) is 9.35. The number of imidazole rings is 1. The number of fused-ring (bicyclic) bond motifs is 1. The summed E-state index contributed by atoms with van der Waals surface area (Å²) in [6, 6.07) is 20.1. The Labute approximate surface area is 167 Å². The number of halogens is 2. The van der Waals surface area contributed by atoms with Gasteiger partial charge in [-0.05, 0) is 42.0 Å². The number of nitrogens with one attached hydrogen (secondary N) is 2. The van der Waals surface area contributed by atoms with Gasteiger partial charge in [0, 0.05) is 12.1 Å². The van der Waals surface area contributed by atoms with Crippen LogP contribution in [0.5, 0.6) is 5.75 Å². The molecular weight excluding hydrogens is 377 g/mol. The second-order valence-corrected chi connectivity index (χ2v) is 6.88. The molecule has 6 heteroatoms. The molecule has 0 spiro atoms. The van der Waals surface area contributed by atoms with E-state index in [1.165, 1.54) is 12.1 Å². The fraction of sp³-hybridized carbons (Fsp3) is 0.136. The van der Waals surface area contributed by atoms with Crippen LogP contribution in [0.4, 0.5) is 4.39 Å². The lowest BCUT2D eigenvalue weighted by Crippen LogP contribution is -2.13. The molecule has 4 rings (SSSR count). The van der Waals surface area contributed by atoms with Gasteiger partial charge in [0.25, 0.3) is 0 Å². The minimum Gasteiger partial charge on any atom is -0.489 e. The van der Waals surface area contributed by atoms with Crippen molar-refractivity contribution in [2.24, 2.45) is 0 Å². The van der Waals surface area contributed by atoms with Crippen molar-refractivity contribution in [1.82, 2.24) is 15.3 Å². The molecule has 0 radical (unpaired) electrons. The molecule has 2 N–H and O–H groups in total. The third kappa shape index (κ3) is 4.50. The summed E-state index contributed by atoms with van der Waals surface area (Å²) in [4.78, 5) is 7.85. The van der Waals surface area contributed by atoms with Gasteiger partial charge in [-0.3, -0.25) is 0 Å². The van der Waals surface area contributed by atoms with Gasteiger partial charge in [-0.25, -0.2) is 9.37 Å². The number of nitrogens with zero attached hydrogens (tertiary/aromatic N) is 1. The highest BCUT2D eigenvalue weighted by Gasteiger charge is 2.04. The second kappa shape index (κ2) is 8.42. The Kier molecular flexibility index (Phi) is 5.55. The van der Waals surface area contributed by atoms with Crippen molar-refractivity contribution in [2.75, 3.05) is 0 Å². The van der Waals surface area contributed by atoms with E-state index >= 15 is 0 Å². The molecular formula is C22H19ClFN3O. The summed E-state index contributed by atoms with van der Waals surface area (Å²) in [5.74, 6) is 1.30. The summed E-state index contributed by atoms with van der Waals surface area (Å²) < 4.78 is 18.8. The van der Waals surface area contributed by atoms with Crippen LogP contribution in [0.15, 0.2) is 66.7 Å². The van der Waals surface area contributed by atoms with Gasteiger partial charge in [-0.15, -0.1) is 0 Å². The Bertz CT molecular complexity index is 1050. The standard InChI is InChI=1S/C22H19ClFN3O/c23-19-11-17(24)8-7-16(19)14-28-18-9-5-15(6-10-18)12-25-13-22-26-20-3-1-2-4-21(20)27-22/h1-11,25H,12-14H2,(H,26,27). The quantitative estimate of drug-likeness (QED) is 0.451. The molecule has 1 heterocycles. The van der Waals surface area contributed by atoms with Crippen molar-refractivity contribution < 1.29 is 9.13 Å². The maximum Gasteiger partial charge on any atom is 0.124 e. The Morgan fingerprint density at radius 2 is 1.82 bits per heavy atom. The minimum atomic E-state index is -0.353. The SMILES string of the molecule is Fc1ccc(COc2ccc(CNCc3nc4ccccc4[nH]3)cc2)c(Cl)c1. The maximum absolute atomic E-state index is 13.1. The van der Waals surface area contributed by atoms with Gasteiger partial charge >= 0.3 is 0 Å². The lowest BCUT2D eigenvalue weighted by molar-refractivity contribution is 0.306. The van der Waals surface area contributed by atoms with Gasteiger partial charge in [0.15, 0.2) is 0 Å². The van der Waals surface area contributed by atoms with E-state index in [1.807, 2.05) is 48.5 Å². The predicted octanol–water partition coefficient (Wildman–Crippen LogP) is 5.22. The van der Waals surface area contributed by atoms with E-state index < -0.39 is 0 Å². The van der Waals surface area contributed by atoms with Crippen molar-refractivity contribution in [3.8, 4) is 5.75 Å². The molecule has 0 bridgehead atoms. The molecule has 0 saturated heterocycles. The third-order valence-electron chi connectivity index (χ3n) is 4.39. The van der Waals surface area contributed by atoms with E-state index in [2.05, 4.69) is 15.3 Å². The monoisotopic (exact) mass is 395 g/mol. The van der Waals surface area contributed by atoms with Crippen LogP contribution in [0, 0.1) is 5.82 Å². The van der Waals surface area contributed by atoms with Gasteiger partial charge < -0.3 is 15.0 Å². The molecule has 0 amide bonds. The molecule has 0 atom stereocenters. The normalized spacial score (nSPS) is 11.1. The zero-order chi connectivity index (χ0) is 19.3. The number of benzene rings is 3. The molecule has 4 nitrogen and oxygen atoms in total. The van der Waals surface area contributed by atoms with Crippen LogP contribution in [-0.4, -0.2) is 9.97 Å². The summed E-state index contributed by atoms with van der Waals surface area (Å²) in [5.41, 5.74) is 3.91. The van der Waals surface area contributed by atoms with E-state index in [1.54, 1.807) is 6.07 Å². The Morgan fingerprint density at radius 1 is 1.00 bits per heavy atom. The fourth-order valence-electron chi connectivity index (χ4n) is 2.92. The summed E-state index contributed by atoms with van der Waals surface area (Å²) in [5, 5.41) is 3.75. The predicted molar refractivity (Wildman–Crippen MR) is 109 cm³/mol. The van der Waals surface area contributed by atoms with E-state index in [4.69, 9.17) is 16.3 Å². The number of H-pyrrole nitrogens is 1. The van der Waals surface area contributed by atoms with Crippen LogP contribution in [0.2, 0.25) is 5.02 Å². The van der Waals surface area contributed by atoms with E-state index in [9.17, 15) is 4.39 Å². The number of para-hydroxylation sites is 2. The highest BCUT2D eigenvalue weighted by atomic mass is 35.5. The van der Waals surface area contributed by atoms with Crippen molar-refractivity contribution in [3.05, 3.63) is 94.5 Å². The van der Waals surface area contributed by atoms with Crippen LogP contribution in [0.25, 0.3) is 11.0 Å². The summed E-state index contributed by atoms with van der Waals surface area (Å²) >= 11 is 6.02. The summed E-state index contributed by atoms with van der Waals surface area (Å²) in [7, 11) is 0. The highest BCUT2D eigenvalue weighted by molar-refractivity contribution is 6.31. The fourth-order valence-corrected chi connectivity index (χ4v) is 3.14. The molecule has 142 valence electrons. The molecule has 0 fully saturated rings. The first-order chi connectivity index (χ1) is 13.7. The first-order valence-electron chi connectivity index (χ1n) is 8.97. The Morgan fingerprint density at radius 3 is 2.61 bits per heavy atom. The van der Waals surface area contributed by atoms with Gasteiger partial charge in [0.05, 0.1) is 22.6 Å². The van der Waals surface area contributed by atoms with Gasteiger partial charge in [0.1, 0.15) is 24.0 Å². The molecule has 0 aliphatic heterocycles. The largest absolute Gasteiger partial charge is 0.489 e. The molecule has 3 aromatic carbocycles. The van der Waals surface area contributed by atoms with Gasteiger partial charge in [0.2, 0.25) is 0 Å². The second-order valence-electron chi connectivity index (χ2n) is 6.47. The number of aromatic nitrogens is 2. The lowest BCUT2D eigenvalue weighted by atomic mass is 10.2. The van der Waals surface area contributed by atoms with Crippen LogP contribution in [0.1, 0.15) is 17.0 Å². The Hall–Kier alpha value is -2.89. The van der Waals surface area contributed by atoms with Crippen molar-refractivity contribution in [1.29, 1.82) is 0 Å². The van der Waals surface area contributed by atoms with Crippen molar-refractivity contribution in [2.45, 2.75) is 19.7 Å². The zero-order valence-corrected chi connectivity index (χ0v) is 15.8. The summed E-state index contributed by atoms with van der Waals surface area (Å²) in [6.45, 7) is 1.68. The summed E-state index contributed by atoms with van der Waals surface area (Å²) in [6.07, 6.45) is 0. The number of ether oxygens (including phenoxy) is 1. The van der Waals surface area contributed by atoms with Crippen LogP contribution in [0.3, 0.4) is 0 Å². The molecule has 0 unspecified atom stereocenters. The van der Waals surface area contributed by atoms with E-state index in [0.29, 0.717) is 18.2 Å². The lowest BCUT2D eigenvalue weighted by Gasteiger charge is -2.09. The smallest absolute Gasteiger partial charge is 0.124 e. The molecule has 0 aliphatic rings. The molecule has 1 aromatic heterocycles. The average molecular weight is 396 g/mol. The van der Waals surface area contributed by atoms with Crippen LogP contribution >= 0.6 is 11.6 Å². The maximum atomic E-state index is 13.1. The number of hydrogen-bond donors (Lipinski definition) is 2. The van der Waals surface area contributed by atoms with E-state index in [0.717, 1.165) is 40.3 Å². The number of rotatable bonds is 7. The highest BCUT2D eigenvalue weighted by Crippen LogP contribution is 2.20. The van der Waals surface area contributed by atoms with Gasteiger partial charge in [-0.2, -0.15) is 0 Å². The van der Waals surface area contributed by atoms with Crippen molar-refractivity contribution >= 4 is 22.6 Å². The van der Waals surface area contributed by atoms with Gasteiger partial charge in [-0.1, -0.05) is 41.9 Å². The molecule has 4 aromatic rings.